The Morgan fingerprint density at radius 2 is 1.97 bits per heavy atom. The number of aryl methyl sites for hydroxylation is 1. The molecule has 10 nitrogen and oxygen atoms in total. The van der Waals surface area contributed by atoms with Crippen LogP contribution in [0.5, 0.6) is 0 Å². The van der Waals surface area contributed by atoms with E-state index < -0.39 is 0 Å². The van der Waals surface area contributed by atoms with Gasteiger partial charge in [0.1, 0.15) is 11.4 Å². The van der Waals surface area contributed by atoms with Gasteiger partial charge in [0.25, 0.3) is 5.91 Å². The minimum atomic E-state index is -0.259. The first-order valence-corrected chi connectivity index (χ1v) is 11.6. The Labute approximate surface area is 196 Å². The quantitative estimate of drug-likeness (QED) is 0.404. The van der Waals surface area contributed by atoms with Gasteiger partial charge in [-0.25, -0.2) is 14.2 Å². The summed E-state index contributed by atoms with van der Waals surface area (Å²) in [5.41, 5.74) is 10.4. The van der Waals surface area contributed by atoms with Crippen molar-refractivity contribution in [3.05, 3.63) is 71.8 Å². The molecule has 2 aliphatic rings. The SMILES string of the molecule is Cc1ccc(-n2nc(C3CN(CC4CNNC4)C3)cc2NC(=O)c2cnn3cccnc23)cc1. The lowest BCUT2D eigenvalue weighted by Gasteiger charge is -2.39. The first-order valence-electron chi connectivity index (χ1n) is 11.6. The summed E-state index contributed by atoms with van der Waals surface area (Å²) >= 11 is 0. The first-order chi connectivity index (χ1) is 16.6. The molecule has 0 aliphatic carbocycles. The molecular weight excluding hydrogens is 430 g/mol. The molecule has 1 aromatic carbocycles. The molecular formula is C24H27N9O. The van der Waals surface area contributed by atoms with E-state index in [0.717, 1.165) is 44.1 Å². The topological polar surface area (TPSA) is 104 Å². The van der Waals surface area contributed by atoms with Crippen LogP contribution >= 0.6 is 0 Å². The number of hydrazine groups is 1. The fourth-order valence-corrected chi connectivity index (χ4v) is 4.65. The first kappa shape index (κ1) is 21.0. The Morgan fingerprint density at radius 1 is 1.18 bits per heavy atom. The van der Waals surface area contributed by atoms with E-state index in [1.807, 2.05) is 35.0 Å². The number of nitrogens with one attached hydrogen (secondary N) is 3. The van der Waals surface area contributed by atoms with Gasteiger partial charge in [-0.05, 0) is 31.0 Å². The Kier molecular flexibility index (Phi) is 5.33. The van der Waals surface area contributed by atoms with Gasteiger partial charge in [0.05, 0.1) is 17.6 Å². The summed E-state index contributed by atoms with van der Waals surface area (Å²) in [4.78, 5) is 19.9. The Morgan fingerprint density at radius 3 is 2.76 bits per heavy atom. The van der Waals surface area contributed by atoms with Crippen molar-refractivity contribution >= 4 is 17.4 Å². The molecule has 0 radical (unpaired) electrons. The predicted octanol–water partition coefficient (Wildman–Crippen LogP) is 1.60. The zero-order chi connectivity index (χ0) is 23.1. The van der Waals surface area contributed by atoms with E-state index in [9.17, 15) is 4.79 Å². The van der Waals surface area contributed by atoms with Gasteiger partial charge < -0.3 is 10.2 Å². The van der Waals surface area contributed by atoms with Gasteiger partial charge in [0, 0.05) is 57.1 Å². The molecule has 2 fully saturated rings. The van der Waals surface area contributed by atoms with Crippen molar-refractivity contribution in [2.75, 3.05) is 38.0 Å². The normalized spacial score (nSPS) is 17.3. The molecule has 0 spiro atoms. The van der Waals surface area contributed by atoms with E-state index in [-0.39, 0.29) is 5.91 Å². The number of carbonyl (C=O) groups excluding carboxylic acids is 1. The summed E-state index contributed by atoms with van der Waals surface area (Å²) in [6.07, 6.45) is 4.97. The maximum atomic E-state index is 13.2. The number of likely N-dealkylation sites (tertiary alicyclic amines) is 1. The molecule has 2 aliphatic heterocycles. The van der Waals surface area contributed by atoms with E-state index >= 15 is 0 Å². The van der Waals surface area contributed by atoms with E-state index in [1.54, 1.807) is 29.2 Å². The highest BCUT2D eigenvalue weighted by Crippen LogP contribution is 2.30. The Balaban J connectivity index is 1.25. The average Bonchev–Trinajstić information content (AvgIpc) is 3.56. The zero-order valence-corrected chi connectivity index (χ0v) is 19.0. The van der Waals surface area contributed by atoms with Crippen LogP contribution < -0.4 is 16.2 Å². The predicted molar refractivity (Wildman–Crippen MR) is 128 cm³/mol. The van der Waals surface area contributed by atoms with Crippen molar-refractivity contribution in [1.82, 2.24) is 40.1 Å². The number of amides is 1. The fourth-order valence-electron chi connectivity index (χ4n) is 4.65. The lowest BCUT2D eigenvalue weighted by Crippen LogP contribution is -2.47. The van der Waals surface area contributed by atoms with Gasteiger partial charge in [-0.2, -0.15) is 10.2 Å². The van der Waals surface area contributed by atoms with Crippen LogP contribution in [-0.4, -0.2) is 67.9 Å². The molecule has 174 valence electrons. The smallest absolute Gasteiger partial charge is 0.262 e. The highest BCUT2D eigenvalue weighted by Gasteiger charge is 2.33. The van der Waals surface area contributed by atoms with Crippen LogP contribution in [0.2, 0.25) is 0 Å². The minimum Gasteiger partial charge on any atom is -0.306 e. The fraction of sp³-hybridized carbons (Fsp3) is 0.333. The van der Waals surface area contributed by atoms with Crippen molar-refractivity contribution in [2.45, 2.75) is 12.8 Å². The van der Waals surface area contributed by atoms with Gasteiger partial charge in [0.15, 0.2) is 5.65 Å². The standard InChI is InChI=1S/C24H27N9O/c1-16-3-5-19(6-4-16)33-22(29-24(34)20-12-28-32-8-2-7-25-23(20)32)9-21(30-33)18-14-31(15-18)13-17-10-26-27-11-17/h2-9,12,17-18,26-27H,10-11,13-15H2,1H3,(H,29,34). The second-order valence-corrected chi connectivity index (χ2v) is 9.15. The third kappa shape index (κ3) is 3.96. The lowest BCUT2D eigenvalue weighted by atomic mass is 9.95. The van der Waals surface area contributed by atoms with Gasteiger partial charge in [-0.15, -0.1) is 0 Å². The number of carbonyl (C=O) groups is 1. The molecule has 34 heavy (non-hydrogen) atoms. The van der Waals surface area contributed by atoms with Crippen molar-refractivity contribution in [2.24, 2.45) is 5.92 Å². The Hall–Kier alpha value is -3.60. The lowest BCUT2D eigenvalue weighted by molar-refractivity contribution is 0.102. The summed E-state index contributed by atoms with van der Waals surface area (Å²) < 4.78 is 3.41. The summed E-state index contributed by atoms with van der Waals surface area (Å²) in [6, 6.07) is 11.9. The van der Waals surface area contributed by atoms with Crippen LogP contribution in [0.1, 0.15) is 27.5 Å². The number of anilines is 1. The molecule has 0 bridgehead atoms. The third-order valence-electron chi connectivity index (χ3n) is 6.57. The third-order valence-corrected chi connectivity index (χ3v) is 6.57. The van der Waals surface area contributed by atoms with E-state index in [2.05, 4.69) is 38.1 Å². The highest BCUT2D eigenvalue weighted by molar-refractivity contribution is 6.07. The van der Waals surface area contributed by atoms with Crippen molar-refractivity contribution < 1.29 is 4.79 Å². The number of fused-ring (bicyclic) bond motifs is 1. The number of rotatable bonds is 6. The molecule has 5 heterocycles. The van der Waals surface area contributed by atoms with Crippen molar-refractivity contribution in [3.8, 4) is 5.69 Å². The van der Waals surface area contributed by atoms with E-state index in [4.69, 9.17) is 5.10 Å². The number of benzene rings is 1. The summed E-state index contributed by atoms with van der Waals surface area (Å²) in [5, 5.41) is 12.2. The second-order valence-electron chi connectivity index (χ2n) is 9.15. The summed E-state index contributed by atoms with van der Waals surface area (Å²) in [5.74, 6) is 1.37. The average molecular weight is 458 g/mol. The van der Waals surface area contributed by atoms with Gasteiger partial charge in [-0.1, -0.05) is 17.7 Å². The largest absolute Gasteiger partial charge is 0.306 e. The maximum absolute atomic E-state index is 13.2. The van der Waals surface area contributed by atoms with Crippen LogP contribution in [0.15, 0.2) is 55.0 Å². The zero-order valence-electron chi connectivity index (χ0n) is 19.0. The monoisotopic (exact) mass is 457 g/mol. The van der Waals surface area contributed by atoms with Crippen LogP contribution in [0, 0.1) is 12.8 Å². The minimum absolute atomic E-state index is 0.259. The second kappa shape index (κ2) is 8.64. The Bertz CT molecular complexity index is 1310. The van der Waals surface area contributed by atoms with Gasteiger partial charge in [-0.3, -0.25) is 15.6 Å². The molecule has 0 atom stereocenters. The highest BCUT2D eigenvalue weighted by atomic mass is 16.1. The van der Waals surface area contributed by atoms with Crippen molar-refractivity contribution in [3.63, 3.8) is 0 Å². The molecule has 3 N–H and O–H groups in total. The van der Waals surface area contributed by atoms with Crippen molar-refractivity contribution in [1.29, 1.82) is 0 Å². The number of hydrogen-bond acceptors (Lipinski definition) is 7. The maximum Gasteiger partial charge on any atom is 0.262 e. The molecule has 1 amide bonds. The van der Waals surface area contributed by atoms with Crippen LogP contribution in [0.25, 0.3) is 11.3 Å². The van der Waals surface area contributed by atoms with E-state index in [0.29, 0.717) is 28.9 Å². The molecule has 0 saturated carbocycles. The molecule has 3 aromatic heterocycles. The molecule has 4 aromatic rings. The van der Waals surface area contributed by atoms with Gasteiger partial charge >= 0.3 is 0 Å². The van der Waals surface area contributed by atoms with Crippen LogP contribution in [-0.2, 0) is 0 Å². The van der Waals surface area contributed by atoms with Crippen LogP contribution in [0.3, 0.4) is 0 Å². The number of aromatic nitrogens is 5. The number of hydrogen-bond donors (Lipinski definition) is 3. The molecule has 10 heteroatoms. The van der Waals surface area contributed by atoms with Crippen LogP contribution in [0.4, 0.5) is 5.82 Å². The van der Waals surface area contributed by atoms with Gasteiger partial charge in [0.2, 0.25) is 0 Å². The number of nitrogens with zero attached hydrogens (tertiary/aromatic N) is 6. The molecule has 2 saturated heterocycles. The summed E-state index contributed by atoms with van der Waals surface area (Å²) in [7, 11) is 0. The molecule has 0 unspecified atom stereocenters. The van der Waals surface area contributed by atoms with E-state index in [1.165, 1.54) is 5.56 Å². The summed E-state index contributed by atoms with van der Waals surface area (Å²) in [6.45, 7) is 7.12. The molecule has 6 rings (SSSR count).